The molecule has 2 aromatic rings. The molecule has 2 aromatic heterocycles. The fraction of sp³-hybridized carbons (Fsp3) is 0.636. The van der Waals surface area contributed by atoms with Crippen molar-refractivity contribution in [1.29, 1.82) is 0 Å². The number of aliphatic hydroxyl groups is 1. The van der Waals surface area contributed by atoms with E-state index in [-0.39, 0.29) is 23.3 Å². The molecule has 1 atom stereocenters. The number of ether oxygens (including phenoxy) is 1. The van der Waals surface area contributed by atoms with Gasteiger partial charge in [-0.3, -0.25) is 4.68 Å². The van der Waals surface area contributed by atoms with Gasteiger partial charge in [0, 0.05) is 42.3 Å². The summed E-state index contributed by atoms with van der Waals surface area (Å²) in [7, 11) is 0. The molecule has 0 saturated carbocycles. The standard InChI is InChI=1S/C22H31ClN4O2/c1-21(2)9-16(10-22(3,4)29-21)27-13-15(11-25-27)18-12-24-20(23)8-19(18)26-7-5-6-17(28)14-26/h8,11-13,16-17,28H,5-7,9-10,14H2,1-4H3/t17-/m0/s1. The molecule has 0 spiro atoms. The molecular formula is C22H31ClN4O2. The number of piperidine rings is 1. The van der Waals surface area contributed by atoms with Crippen LogP contribution in [0.1, 0.15) is 59.4 Å². The van der Waals surface area contributed by atoms with Crippen LogP contribution in [-0.4, -0.2) is 50.3 Å². The molecule has 0 radical (unpaired) electrons. The number of hydrogen-bond donors (Lipinski definition) is 1. The smallest absolute Gasteiger partial charge is 0.131 e. The Kier molecular flexibility index (Phi) is 5.38. The molecular weight excluding hydrogens is 388 g/mol. The zero-order valence-corrected chi connectivity index (χ0v) is 18.5. The SMILES string of the molecule is CC1(C)CC(n2cc(-c3cnc(Cl)cc3N3CCC[C@H](O)C3)cn2)CC(C)(C)O1. The molecule has 0 aromatic carbocycles. The first kappa shape index (κ1) is 20.6. The Morgan fingerprint density at radius 2 is 1.90 bits per heavy atom. The first-order chi connectivity index (χ1) is 13.6. The van der Waals surface area contributed by atoms with E-state index in [9.17, 15) is 5.11 Å². The van der Waals surface area contributed by atoms with Crippen molar-refractivity contribution in [2.75, 3.05) is 18.0 Å². The van der Waals surface area contributed by atoms with Crippen molar-refractivity contribution in [3.63, 3.8) is 0 Å². The van der Waals surface area contributed by atoms with Crippen LogP contribution in [0.15, 0.2) is 24.7 Å². The van der Waals surface area contributed by atoms with Gasteiger partial charge in [-0.1, -0.05) is 11.6 Å². The summed E-state index contributed by atoms with van der Waals surface area (Å²) < 4.78 is 8.30. The third-order valence-electron chi connectivity index (χ3n) is 5.88. The lowest BCUT2D eigenvalue weighted by atomic mass is 9.85. The third-order valence-corrected chi connectivity index (χ3v) is 6.09. The number of halogens is 1. The van der Waals surface area contributed by atoms with Gasteiger partial charge < -0.3 is 14.7 Å². The summed E-state index contributed by atoms with van der Waals surface area (Å²) in [4.78, 5) is 6.52. The molecule has 6 nitrogen and oxygen atoms in total. The van der Waals surface area contributed by atoms with Crippen LogP contribution in [0.2, 0.25) is 5.15 Å². The topological polar surface area (TPSA) is 63.4 Å². The second-order valence-electron chi connectivity index (χ2n) is 9.66. The van der Waals surface area contributed by atoms with Gasteiger partial charge in [0.05, 0.1) is 29.5 Å². The molecule has 2 fully saturated rings. The molecule has 7 heteroatoms. The second kappa shape index (κ2) is 7.56. The molecule has 0 unspecified atom stereocenters. The zero-order chi connectivity index (χ0) is 20.8. The van der Waals surface area contributed by atoms with Gasteiger partial charge in [-0.15, -0.1) is 0 Å². The summed E-state index contributed by atoms with van der Waals surface area (Å²) >= 11 is 6.21. The molecule has 0 amide bonds. The maximum atomic E-state index is 10.1. The maximum absolute atomic E-state index is 10.1. The van der Waals surface area contributed by atoms with E-state index in [0.29, 0.717) is 11.7 Å². The van der Waals surface area contributed by atoms with E-state index in [0.717, 1.165) is 49.0 Å². The van der Waals surface area contributed by atoms with Crippen LogP contribution in [0.4, 0.5) is 5.69 Å². The average molecular weight is 419 g/mol. The van der Waals surface area contributed by atoms with Crippen molar-refractivity contribution < 1.29 is 9.84 Å². The number of rotatable bonds is 3. The van der Waals surface area contributed by atoms with Crippen LogP contribution in [0.25, 0.3) is 11.1 Å². The summed E-state index contributed by atoms with van der Waals surface area (Å²) in [5.74, 6) is 0. The second-order valence-corrected chi connectivity index (χ2v) is 10.0. The predicted octanol–water partition coefficient (Wildman–Crippen LogP) is 4.47. The highest BCUT2D eigenvalue weighted by Crippen LogP contribution is 2.41. The molecule has 4 heterocycles. The maximum Gasteiger partial charge on any atom is 0.131 e. The highest BCUT2D eigenvalue weighted by atomic mass is 35.5. The van der Waals surface area contributed by atoms with Gasteiger partial charge in [0.2, 0.25) is 0 Å². The summed E-state index contributed by atoms with van der Waals surface area (Å²) in [6.07, 6.45) is 9.17. The molecule has 4 rings (SSSR count). The normalized spacial score (nSPS) is 24.6. The fourth-order valence-electron chi connectivity index (χ4n) is 4.98. The largest absolute Gasteiger partial charge is 0.391 e. The first-order valence-corrected chi connectivity index (χ1v) is 10.8. The Balaban J connectivity index is 1.65. The van der Waals surface area contributed by atoms with E-state index in [2.05, 4.69) is 48.5 Å². The Morgan fingerprint density at radius 3 is 2.59 bits per heavy atom. The van der Waals surface area contributed by atoms with Gasteiger partial charge in [-0.25, -0.2) is 4.98 Å². The molecule has 2 saturated heterocycles. The Labute approximate surface area is 177 Å². The molecule has 2 aliphatic heterocycles. The first-order valence-electron chi connectivity index (χ1n) is 10.5. The lowest BCUT2D eigenvalue weighted by molar-refractivity contribution is -0.170. The van der Waals surface area contributed by atoms with E-state index in [1.807, 2.05) is 18.5 Å². The minimum absolute atomic E-state index is 0.185. The van der Waals surface area contributed by atoms with Crippen LogP contribution in [0.5, 0.6) is 0 Å². The summed E-state index contributed by atoms with van der Waals surface area (Å²) in [5.41, 5.74) is 2.66. The van der Waals surface area contributed by atoms with E-state index in [4.69, 9.17) is 21.4 Å². The molecule has 1 N–H and O–H groups in total. The number of pyridine rings is 1. The monoisotopic (exact) mass is 418 g/mol. The molecule has 29 heavy (non-hydrogen) atoms. The Morgan fingerprint density at radius 1 is 1.17 bits per heavy atom. The molecule has 0 bridgehead atoms. The van der Waals surface area contributed by atoms with Crippen molar-refractivity contribution in [2.24, 2.45) is 0 Å². The third kappa shape index (κ3) is 4.60. The van der Waals surface area contributed by atoms with Crippen LogP contribution in [0, 0.1) is 0 Å². The lowest BCUT2D eigenvalue weighted by Gasteiger charge is -2.45. The van der Waals surface area contributed by atoms with Gasteiger partial charge in [0.25, 0.3) is 0 Å². The fourth-order valence-corrected chi connectivity index (χ4v) is 5.13. The van der Waals surface area contributed by atoms with Gasteiger partial charge in [0.1, 0.15) is 5.15 Å². The van der Waals surface area contributed by atoms with E-state index in [1.165, 1.54) is 0 Å². The lowest BCUT2D eigenvalue weighted by Crippen LogP contribution is -2.45. The summed E-state index contributed by atoms with van der Waals surface area (Å²) in [6, 6.07) is 2.18. The molecule has 0 aliphatic carbocycles. The van der Waals surface area contributed by atoms with E-state index >= 15 is 0 Å². The minimum atomic E-state index is -0.307. The van der Waals surface area contributed by atoms with Crippen LogP contribution >= 0.6 is 11.6 Å². The Hall–Kier alpha value is -1.63. The van der Waals surface area contributed by atoms with Crippen molar-refractivity contribution in [3.8, 4) is 11.1 Å². The summed E-state index contributed by atoms with van der Waals surface area (Å²) in [6.45, 7) is 10.1. The number of aliphatic hydroxyl groups excluding tert-OH is 1. The van der Waals surface area contributed by atoms with Gasteiger partial charge in [-0.2, -0.15) is 5.10 Å². The quantitative estimate of drug-likeness (QED) is 0.745. The van der Waals surface area contributed by atoms with Crippen LogP contribution in [-0.2, 0) is 4.74 Å². The highest BCUT2D eigenvalue weighted by molar-refractivity contribution is 6.29. The Bertz CT molecular complexity index is 863. The number of nitrogens with zero attached hydrogens (tertiary/aromatic N) is 4. The number of hydrogen-bond acceptors (Lipinski definition) is 5. The average Bonchev–Trinajstić information content (AvgIpc) is 3.09. The van der Waals surface area contributed by atoms with Gasteiger partial charge >= 0.3 is 0 Å². The van der Waals surface area contributed by atoms with Crippen LogP contribution in [0.3, 0.4) is 0 Å². The van der Waals surface area contributed by atoms with Gasteiger partial charge in [0.15, 0.2) is 0 Å². The number of aromatic nitrogens is 3. The predicted molar refractivity (Wildman–Crippen MR) is 115 cm³/mol. The summed E-state index contributed by atoms with van der Waals surface area (Å²) in [5, 5.41) is 15.3. The van der Waals surface area contributed by atoms with Crippen molar-refractivity contribution in [1.82, 2.24) is 14.8 Å². The minimum Gasteiger partial charge on any atom is -0.391 e. The molecule has 2 aliphatic rings. The zero-order valence-electron chi connectivity index (χ0n) is 17.7. The van der Waals surface area contributed by atoms with Crippen molar-refractivity contribution in [3.05, 3.63) is 29.8 Å². The molecule has 158 valence electrons. The van der Waals surface area contributed by atoms with Gasteiger partial charge in [-0.05, 0) is 59.4 Å². The highest BCUT2D eigenvalue weighted by Gasteiger charge is 2.40. The van der Waals surface area contributed by atoms with Crippen molar-refractivity contribution >= 4 is 17.3 Å². The van der Waals surface area contributed by atoms with Crippen LogP contribution < -0.4 is 4.90 Å². The van der Waals surface area contributed by atoms with E-state index < -0.39 is 0 Å². The number of anilines is 1. The van der Waals surface area contributed by atoms with E-state index in [1.54, 1.807) is 0 Å². The number of β-amino-alcohol motifs (C(OH)–C–C–N with tert-alkyl or cyclic N) is 1. The van der Waals surface area contributed by atoms with Crippen molar-refractivity contribution in [2.45, 2.75) is 76.7 Å².